The second-order valence-corrected chi connectivity index (χ2v) is 6.83. The number of aromatic nitrogens is 1. The highest BCUT2D eigenvalue weighted by molar-refractivity contribution is 7.13. The predicted molar refractivity (Wildman–Crippen MR) is 81.1 cm³/mol. The zero-order valence-electron chi connectivity index (χ0n) is 12.3. The molecule has 1 aliphatic rings. The van der Waals surface area contributed by atoms with Gasteiger partial charge in [0.1, 0.15) is 0 Å². The summed E-state index contributed by atoms with van der Waals surface area (Å²) >= 11 is 1.59. The molecular formula is C15H20N2O3S. The third-order valence-corrected chi connectivity index (χ3v) is 4.33. The van der Waals surface area contributed by atoms with Crippen LogP contribution in [0.25, 0.3) is 10.8 Å². The van der Waals surface area contributed by atoms with E-state index in [-0.39, 0.29) is 18.3 Å². The first kappa shape index (κ1) is 14.7. The van der Waals surface area contributed by atoms with Crippen LogP contribution in [-0.4, -0.2) is 46.4 Å². The fourth-order valence-corrected chi connectivity index (χ4v) is 3.53. The van der Waals surface area contributed by atoms with Crippen LogP contribution in [-0.2, 0) is 11.3 Å². The summed E-state index contributed by atoms with van der Waals surface area (Å²) < 4.78 is 11.2. The van der Waals surface area contributed by atoms with Gasteiger partial charge < -0.3 is 14.3 Å². The Balaban J connectivity index is 1.68. The van der Waals surface area contributed by atoms with Crippen LogP contribution in [0.4, 0.5) is 0 Å². The van der Waals surface area contributed by atoms with E-state index >= 15 is 0 Å². The van der Waals surface area contributed by atoms with Crippen molar-refractivity contribution in [3.05, 3.63) is 29.5 Å². The molecule has 3 rings (SSSR count). The number of hydrogen-bond donors (Lipinski definition) is 1. The van der Waals surface area contributed by atoms with Gasteiger partial charge in [-0.05, 0) is 26.0 Å². The average molecular weight is 308 g/mol. The zero-order chi connectivity index (χ0) is 14.9. The molecule has 0 amide bonds. The number of ether oxygens (including phenoxy) is 1. The van der Waals surface area contributed by atoms with Crippen LogP contribution in [0.2, 0.25) is 0 Å². The van der Waals surface area contributed by atoms with E-state index in [9.17, 15) is 5.11 Å². The maximum absolute atomic E-state index is 9.36. The molecule has 1 aliphatic heterocycles. The summed E-state index contributed by atoms with van der Waals surface area (Å²) in [6.07, 6.45) is 1.53. The molecule has 0 aromatic carbocycles. The molecule has 114 valence electrons. The molecule has 2 aromatic rings. The molecular weight excluding hydrogens is 288 g/mol. The highest BCUT2D eigenvalue weighted by atomic mass is 32.1. The van der Waals surface area contributed by atoms with Crippen molar-refractivity contribution < 1.29 is 14.3 Å². The summed E-state index contributed by atoms with van der Waals surface area (Å²) in [6.45, 7) is 6.48. The number of rotatable bonds is 4. The van der Waals surface area contributed by atoms with E-state index in [0.29, 0.717) is 0 Å². The average Bonchev–Trinajstić information content (AvgIpc) is 3.06. The summed E-state index contributed by atoms with van der Waals surface area (Å²) in [5.41, 5.74) is 0.784. The Kier molecular flexibility index (Phi) is 4.12. The monoisotopic (exact) mass is 308 g/mol. The van der Waals surface area contributed by atoms with Crippen LogP contribution in [0.1, 0.15) is 19.5 Å². The molecule has 0 aliphatic carbocycles. The summed E-state index contributed by atoms with van der Waals surface area (Å²) in [4.78, 5) is 6.91. The number of thiazole rings is 1. The standard InChI is InChI=1S/C15H20N2O3S/c1-15(2)10-17(7-12(8-18)20-15)6-11-9-21-14(16-11)13-4-3-5-19-13/h3-5,9,12,18H,6-8,10H2,1-2H3. The van der Waals surface area contributed by atoms with Crippen molar-refractivity contribution >= 4 is 11.3 Å². The Bertz CT molecular complexity index is 580. The molecule has 0 saturated carbocycles. The Morgan fingerprint density at radius 3 is 3.10 bits per heavy atom. The van der Waals surface area contributed by atoms with Crippen molar-refractivity contribution in [1.82, 2.24) is 9.88 Å². The van der Waals surface area contributed by atoms with Gasteiger partial charge in [-0.3, -0.25) is 4.90 Å². The van der Waals surface area contributed by atoms with Crippen molar-refractivity contribution in [2.75, 3.05) is 19.7 Å². The molecule has 1 unspecified atom stereocenters. The van der Waals surface area contributed by atoms with Gasteiger partial charge in [0.15, 0.2) is 10.8 Å². The number of aliphatic hydroxyl groups is 1. The predicted octanol–water partition coefficient (Wildman–Crippen LogP) is 2.37. The van der Waals surface area contributed by atoms with Gasteiger partial charge in [-0.15, -0.1) is 11.3 Å². The quantitative estimate of drug-likeness (QED) is 0.939. The maximum Gasteiger partial charge on any atom is 0.162 e. The molecule has 1 N–H and O–H groups in total. The molecule has 0 bridgehead atoms. The van der Waals surface area contributed by atoms with Crippen LogP contribution < -0.4 is 0 Å². The van der Waals surface area contributed by atoms with Crippen molar-refractivity contribution in [2.45, 2.75) is 32.1 Å². The van der Waals surface area contributed by atoms with E-state index in [4.69, 9.17) is 9.15 Å². The third-order valence-electron chi connectivity index (χ3n) is 3.42. The van der Waals surface area contributed by atoms with Crippen molar-refractivity contribution in [2.24, 2.45) is 0 Å². The number of morpholine rings is 1. The summed E-state index contributed by atoms with van der Waals surface area (Å²) in [5.74, 6) is 0.807. The Morgan fingerprint density at radius 2 is 2.38 bits per heavy atom. The second kappa shape index (κ2) is 5.88. The summed E-state index contributed by atoms with van der Waals surface area (Å²) in [5, 5.41) is 12.3. The molecule has 1 saturated heterocycles. The van der Waals surface area contributed by atoms with Crippen molar-refractivity contribution in [1.29, 1.82) is 0 Å². The highest BCUT2D eigenvalue weighted by Gasteiger charge is 2.33. The third kappa shape index (κ3) is 3.52. The lowest BCUT2D eigenvalue weighted by Crippen LogP contribution is -2.53. The van der Waals surface area contributed by atoms with Gasteiger partial charge in [0.05, 0.1) is 30.3 Å². The topological polar surface area (TPSA) is 58.7 Å². The maximum atomic E-state index is 9.36. The van der Waals surface area contributed by atoms with Gasteiger partial charge in [0.25, 0.3) is 0 Å². The molecule has 0 radical (unpaired) electrons. The first-order valence-corrected chi connectivity index (χ1v) is 7.93. The molecule has 5 nitrogen and oxygen atoms in total. The lowest BCUT2D eigenvalue weighted by atomic mass is 10.1. The summed E-state index contributed by atoms with van der Waals surface area (Å²) in [6, 6.07) is 3.79. The molecule has 3 heterocycles. The number of furan rings is 1. The number of aliphatic hydroxyl groups excluding tert-OH is 1. The minimum atomic E-state index is -0.245. The van der Waals surface area contributed by atoms with Gasteiger partial charge in [0.2, 0.25) is 0 Å². The Morgan fingerprint density at radius 1 is 1.52 bits per heavy atom. The van der Waals surface area contributed by atoms with E-state index in [1.807, 2.05) is 12.1 Å². The first-order valence-electron chi connectivity index (χ1n) is 7.05. The van der Waals surface area contributed by atoms with E-state index < -0.39 is 0 Å². The zero-order valence-corrected chi connectivity index (χ0v) is 13.1. The minimum Gasteiger partial charge on any atom is -0.462 e. The molecule has 21 heavy (non-hydrogen) atoms. The van der Waals surface area contributed by atoms with Gasteiger partial charge in [-0.25, -0.2) is 4.98 Å². The molecule has 0 spiro atoms. The normalized spacial score (nSPS) is 22.5. The molecule has 2 aromatic heterocycles. The Hall–Kier alpha value is -1.21. The van der Waals surface area contributed by atoms with Crippen LogP contribution in [0.5, 0.6) is 0 Å². The largest absolute Gasteiger partial charge is 0.462 e. The smallest absolute Gasteiger partial charge is 0.162 e. The fraction of sp³-hybridized carbons (Fsp3) is 0.533. The van der Waals surface area contributed by atoms with Crippen LogP contribution in [0, 0.1) is 0 Å². The minimum absolute atomic E-state index is 0.0502. The van der Waals surface area contributed by atoms with Crippen LogP contribution in [0.15, 0.2) is 28.2 Å². The van der Waals surface area contributed by atoms with Gasteiger partial charge >= 0.3 is 0 Å². The fourth-order valence-electron chi connectivity index (χ4n) is 2.75. The number of hydrogen-bond acceptors (Lipinski definition) is 6. The van der Waals surface area contributed by atoms with Crippen LogP contribution >= 0.6 is 11.3 Å². The summed E-state index contributed by atoms with van der Waals surface area (Å²) in [7, 11) is 0. The van der Waals surface area contributed by atoms with Gasteiger partial charge in [-0.2, -0.15) is 0 Å². The first-order chi connectivity index (χ1) is 10.1. The van der Waals surface area contributed by atoms with Crippen LogP contribution in [0.3, 0.4) is 0 Å². The SMILES string of the molecule is CC1(C)CN(Cc2csc(-c3ccco3)n2)CC(CO)O1. The molecule has 1 atom stereocenters. The lowest BCUT2D eigenvalue weighted by molar-refractivity contribution is -0.150. The van der Waals surface area contributed by atoms with E-state index in [1.165, 1.54) is 0 Å². The molecule has 1 fully saturated rings. The van der Waals surface area contributed by atoms with E-state index in [1.54, 1.807) is 17.6 Å². The lowest BCUT2D eigenvalue weighted by Gasteiger charge is -2.42. The highest BCUT2D eigenvalue weighted by Crippen LogP contribution is 2.26. The van der Waals surface area contributed by atoms with Gasteiger partial charge in [-0.1, -0.05) is 0 Å². The van der Waals surface area contributed by atoms with Crippen molar-refractivity contribution in [3.8, 4) is 10.8 Å². The van der Waals surface area contributed by atoms with Gasteiger partial charge in [0, 0.05) is 25.0 Å². The van der Waals surface area contributed by atoms with E-state index in [0.717, 1.165) is 36.1 Å². The number of nitrogens with zero attached hydrogens (tertiary/aromatic N) is 2. The van der Waals surface area contributed by atoms with E-state index in [2.05, 4.69) is 29.1 Å². The molecule has 6 heteroatoms. The second-order valence-electron chi connectivity index (χ2n) is 5.97. The Labute approximate surface area is 128 Å². The van der Waals surface area contributed by atoms with Crippen molar-refractivity contribution in [3.63, 3.8) is 0 Å².